The predicted octanol–water partition coefficient (Wildman–Crippen LogP) is 5.85. The molecule has 0 unspecified atom stereocenters. The minimum absolute atomic E-state index is 0.00777. The lowest BCUT2D eigenvalue weighted by Crippen LogP contribution is -2.10. The number of hydrogen-bond donors (Lipinski definition) is 1. The highest BCUT2D eigenvalue weighted by Gasteiger charge is 2.19. The van der Waals surface area contributed by atoms with Gasteiger partial charge in [0.15, 0.2) is 10.9 Å². The van der Waals surface area contributed by atoms with E-state index in [0.717, 1.165) is 27.1 Å². The number of rotatable bonds is 5. The normalized spacial score (nSPS) is 10.7. The Kier molecular flexibility index (Phi) is 5.16. The number of furan rings is 1. The fraction of sp³-hybridized carbons (Fsp3) is 0.0909. The molecule has 0 aliphatic carbocycles. The van der Waals surface area contributed by atoms with Crippen molar-refractivity contribution in [1.29, 1.82) is 0 Å². The van der Waals surface area contributed by atoms with E-state index in [-0.39, 0.29) is 11.4 Å². The Hall–Kier alpha value is -3.78. The Morgan fingerprint density at radius 3 is 2.53 bits per heavy atom. The molecule has 7 nitrogen and oxygen atoms in total. The van der Waals surface area contributed by atoms with E-state index in [2.05, 4.69) is 16.4 Å². The number of carbonyl (C=O) groups excluding carboxylic acids is 1. The maximum atomic E-state index is 12.4. The summed E-state index contributed by atoms with van der Waals surface area (Å²) >= 11 is 1.34. The summed E-state index contributed by atoms with van der Waals surface area (Å²) in [5.74, 6) is -0.202. The molecule has 0 spiro atoms. The molecule has 1 amide bonds. The van der Waals surface area contributed by atoms with Gasteiger partial charge < -0.3 is 4.42 Å². The van der Waals surface area contributed by atoms with E-state index in [4.69, 9.17) is 4.42 Å². The van der Waals surface area contributed by atoms with Crippen LogP contribution in [-0.4, -0.2) is 15.8 Å². The third-order valence-electron chi connectivity index (χ3n) is 4.57. The average Bonchev–Trinajstić information content (AvgIpc) is 3.38. The van der Waals surface area contributed by atoms with Crippen LogP contribution in [0, 0.1) is 24.0 Å². The number of carbonyl (C=O) groups is 1. The van der Waals surface area contributed by atoms with Gasteiger partial charge in [-0.1, -0.05) is 35.1 Å². The summed E-state index contributed by atoms with van der Waals surface area (Å²) in [6, 6.07) is 15.6. The maximum Gasteiger partial charge on any atom is 0.293 e. The monoisotopic (exact) mass is 419 g/mol. The molecule has 0 saturated heterocycles. The number of non-ortho nitro benzene ring substituents is 1. The standard InChI is InChI=1S/C22H17N3O4S/c1-13-5-10-17(14(2)12-13)20-19(15-6-8-16(9-7-15)25(27)28)23-22(30-20)24-21(26)18-4-3-11-29-18/h3-12H,1-2H3,(H,23,24,26). The van der Waals surface area contributed by atoms with E-state index < -0.39 is 10.8 Å². The first-order valence-corrected chi connectivity index (χ1v) is 9.92. The number of nitro benzene ring substituents is 1. The number of anilines is 1. The second-order valence-corrected chi connectivity index (χ2v) is 7.75. The zero-order chi connectivity index (χ0) is 21.3. The summed E-state index contributed by atoms with van der Waals surface area (Å²) in [6.45, 7) is 4.04. The van der Waals surface area contributed by atoms with Crippen LogP contribution in [0.15, 0.2) is 65.3 Å². The van der Waals surface area contributed by atoms with Crippen LogP contribution < -0.4 is 5.32 Å². The highest BCUT2D eigenvalue weighted by molar-refractivity contribution is 7.19. The largest absolute Gasteiger partial charge is 0.459 e. The fourth-order valence-electron chi connectivity index (χ4n) is 3.13. The molecular formula is C22H17N3O4S. The van der Waals surface area contributed by atoms with Gasteiger partial charge in [-0.25, -0.2) is 4.98 Å². The van der Waals surface area contributed by atoms with Crippen molar-refractivity contribution in [2.24, 2.45) is 0 Å². The molecule has 0 aliphatic rings. The van der Waals surface area contributed by atoms with Crippen molar-refractivity contribution < 1.29 is 14.1 Å². The third-order valence-corrected chi connectivity index (χ3v) is 5.57. The van der Waals surface area contributed by atoms with E-state index >= 15 is 0 Å². The molecule has 0 radical (unpaired) electrons. The molecule has 4 rings (SSSR count). The Morgan fingerprint density at radius 2 is 1.90 bits per heavy atom. The molecule has 2 aromatic carbocycles. The van der Waals surface area contributed by atoms with Crippen molar-refractivity contribution in [3.05, 3.63) is 87.9 Å². The van der Waals surface area contributed by atoms with Gasteiger partial charge in [0.2, 0.25) is 0 Å². The van der Waals surface area contributed by atoms with Crippen molar-refractivity contribution in [2.75, 3.05) is 5.32 Å². The topological polar surface area (TPSA) is 98.3 Å². The van der Waals surface area contributed by atoms with E-state index in [1.165, 1.54) is 29.7 Å². The number of nitrogens with zero attached hydrogens (tertiary/aromatic N) is 2. The van der Waals surface area contributed by atoms with Gasteiger partial charge in [0, 0.05) is 17.7 Å². The zero-order valence-corrected chi connectivity index (χ0v) is 17.0. The Bertz CT molecular complexity index is 1230. The second kappa shape index (κ2) is 7.92. The number of aryl methyl sites for hydroxylation is 2. The number of nitro groups is 1. The number of thiazole rings is 1. The summed E-state index contributed by atoms with van der Waals surface area (Å²) < 4.78 is 5.14. The van der Waals surface area contributed by atoms with Gasteiger partial charge in [-0.2, -0.15) is 0 Å². The highest BCUT2D eigenvalue weighted by atomic mass is 32.1. The number of aromatic nitrogens is 1. The smallest absolute Gasteiger partial charge is 0.293 e. The first-order chi connectivity index (χ1) is 14.4. The van der Waals surface area contributed by atoms with Gasteiger partial charge in [0.25, 0.3) is 11.6 Å². The van der Waals surface area contributed by atoms with Crippen LogP contribution in [0.25, 0.3) is 21.7 Å². The first-order valence-electron chi connectivity index (χ1n) is 9.10. The van der Waals surface area contributed by atoms with E-state index in [1.807, 2.05) is 26.0 Å². The third kappa shape index (κ3) is 3.85. The first kappa shape index (κ1) is 19.5. The van der Waals surface area contributed by atoms with Crippen molar-refractivity contribution in [3.63, 3.8) is 0 Å². The number of benzene rings is 2. The van der Waals surface area contributed by atoms with Crippen LogP contribution in [-0.2, 0) is 0 Å². The predicted molar refractivity (Wildman–Crippen MR) is 116 cm³/mol. The van der Waals surface area contributed by atoms with Gasteiger partial charge in [0.05, 0.1) is 21.8 Å². The molecule has 0 fully saturated rings. The van der Waals surface area contributed by atoms with E-state index in [1.54, 1.807) is 24.3 Å². The van der Waals surface area contributed by atoms with Crippen LogP contribution in [0.2, 0.25) is 0 Å². The minimum Gasteiger partial charge on any atom is -0.459 e. The van der Waals surface area contributed by atoms with Crippen LogP contribution in [0.1, 0.15) is 21.7 Å². The molecule has 4 aromatic rings. The van der Waals surface area contributed by atoms with Crippen LogP contribution in [0.5, 0.6) is 0 Å². The molecule has 1 N–H and O–H groups in total. The van der Waals surface area contributed by atoms with Crippen molar-refractivity contribution in [2.45, 2.75) is 13.8 Å². The van der Waals surface area contributed by atoms with Crippen LogP contribution in [0.4, 0.5) is 10.8 Å². The van der Waals surface area contributed by atoms with Crippen LogP contribution >= 0.6 is 11.3 Å². The van der Waals surface area contributed by atoms with Gasteiger partial charge in [-0.3, -0.25) is 20.2 Å². The van der Waals surface area contributed by atoms with E-state index in [0.29, 0.717) is 10.8 Å². The number of nitrogens with one attached hydrogen (secondary N) is 1. The van der Waals surface area contributed by atoms with Gasteiger partial charge >= 0.3 is 0 Å². The molecule has 8 heteroatoms. The SMILES string of the molecule is Cc1ccc(-c2sc(NC(=O)c3ccco3)nc2-c2ccc([N+](=O)[O-])cc2)c(C)c1. The number of amides is 1. The minimum atomic E-state index is -0.440. The zero-order valence-electron chi connectivity index (χ0n) is 16.2. The average molecular weight is 419 g/mol. The van der Waals surface area contributed by atoms with Crippen molar-refractivity contribution in [1.82, 2.24) is 4.98 Å². The maximum absolute atomic E-state index is 12.4. The summed E-state index contributed by atoms with van der Waals surface area (Å²) in [4.78, 5) is 28.4. The molecule has 0 atom stereocenters. The molecular weight excluding hydrogens is 402 g/mol. The quantitative estimate of drug-likeness (QED) is 0.323. The summed E-state index contributed by atoms with van der Waals surface area (Å²) in [5, 5.41) is 14.2. The molecule has 0 aliphatic heterocycles. The highest BCUT2D eigenvalue weighted by Crippen LogP contribution is 2.41. The Labute approximate surface area is 176 Å². The molecule has 0 saturated carbocycles. The number of hydrogen-bond acceptors (Lipinski definition) is 6. The molecule has 2 heterocycles. The lowest BCUT2D eigenvalue weighted by molar-refractivity contribution is -0.384. The molecule has 30 heavy (non-hydrogen) atoms. The Balaban J connectivity index is 1.79. The lowest BCUT2D eigenvalue weighted by Gasteiger charge is -2.07. The van der Waals surface area contributed by atoms with Gasteiger partial charge in [-0.05, 0) is 49.2 Å². The summed E-state index contributed by atoms with van der Waals surface area (Å²) in [5.41, 5.74) is 4.59. The lowest BCUT2D eigenvalue weighted by atomic mass is 10.0. The molecule has 150 valence electrons. The second-order valence-electron chi connectivity index (χ2n) is 6.75. The Morgan fingerprint density at radius 1 is 1.13 bits per heavy atom. The van der Waals surface area contributed by atoms with Crippen molar-refractivity contribution >= 4 is 28.1 Å². The fourth-order valence-corrected chi connectivity index (χ4v) is 4.20. The molecule has 2 aromatic heterocycles. The summed E-state index contributed by atoms with van der Waals surface area (Å²) in [7, 11) is 0. The molecule has 0 bridgehead atoms. The van der Waals surface area contributed by atoms with Crippen molar-refractivity contribution in [3.8, 4) is 21.7 Å². The van der Waals surface area contributed by atoms with Gasteiger partial charge in [0.1, 0.15) is 0 Å². The van der Waals surface area contributed by atoms with Crippen LogP contribution in [0.3, 0.4) is 0 Å². The summed E-state index contributed by atoms with van der Waals surface area (Å²) in [6.07, 6.45) is 1.43. The van der Waals surface area contributed by atoms with Gasteiger partial charge in [-0.15, -0.1) is 0 Å². The van der Waals surface area contributed by atoms with E-state index in [9.17, 15) is 14.9 Å².